The first-order valence-electron chi connectivity index (χ1n) is 9.64. The van der Waals surface area contributed by atoms with E-state index < -0.39 is 0 Å². The molecule has 3 rings (SSSR count). The lowest BCUT2D eigenvalue weighted by molar-refractivity contribution is 0.0773. The van der Waals surface area contributed by atoms with Crippen LogP contribution < -0.4 is 10.2 Å². The monoisotopic (exact) mass is 351 g/mol. The Balaban J connectivity index is 1.74. The van der Waals surface area contributed by atoms with Gasteiger partial charge in [-0.05, 0) is 49.6 Å². The molecule has 0 aliphatic carbocycles. The lowest BCUT2D eigenvalue weighted by Gasteiger charge is -2.31. The van der Waals surface area contributed by atoms with Crippen molar-refractivity contribution in [2.24, 2.45) is 0 Å². The summed E-state index contributed by atoms with van der Waals surface area (Å²) in [5.41, 5.74) is 4.69. The molecule has 0 atom stereocenters. The molecule has 0 radical (unpaired) electrons. The highest BCUT2D eigenvalue weighted by molar-refractivity contribution is 5.94. The van der Waals surface area contributed by atoms with Crippen LogP contribution in [0.3, 0.4) is 0 Å². The van der Waals surface area contributed by atoms with Crippen molar-refractivity contribution in [3.8, 4) is 0 Å². The Bertz CT molecular complexity index is 716. The van der Waals surface area contributed by atoms with E-state index >= 15 is 0 Å². The summed E-state index contributed by atoms with van der Waals surface area (Å²) in [7, 11) is 0. The summed E-state index contributed by atoms with van der Waals surface area (Å²) in [6.07, 6.45) is 0.889. The second-order valence-corrected chi connectivity index (χ2v) is 6.72. The van der Waals surface area contributed by atoms with Gasteiger partial charge in [-0.3, -0.25) is 4.79 Å². The summed E-state index contributed by atoms with van der Waals surface area (Å²) >= 11 is 0. The maximum atomic E-state index is 12.5. The average molecular weight is 351 g/mol. The molecule has 0 aromatic heterocycles. The van der Waals surface area contributed by atoms with Crippen molar-refractivity contribution in [1.82, 2.24) is 10.2 Å². The minimum atomic E-state index is 0.114. The van der Waals surface area contributed by atoms with Crippen molar-refractivity contribution in [3.05, 3.63) is 65.2 Å². The first-order valence-corrected chi connectivity index (χ1v) is 9.64. The molecule has 0 bridgehead atoms. The van der Waals surface area contributed by atoms with E-state index in [1.54, 1.807) is 0 Å². The second-order valence-electron chi connectivity index (χ2n) is 6.72. The van der Waals surface area contributed by atoms with Gasteiger partial charge in [0.05, 0.1) is 0 Å². The van der Waals surface area contributed by atoms with Gasteiger partial charge >= 0.3 is 0 Å². The van der Waals surface area contributed by atoms with Crippen molar-refractivity contribution < 1.29 is 4.79 Å². The first-order chi connectivity index (χ1) is 12.7. The summed E-state index contributed by atoms with van der Waals surface area (Å²) in [4.78, 5) is 16.8. The minimum absolute atomic E-state index is 0.114. The topological polar surface area (TPSA) is 35.6 Å². The van der Waals surface area contributed by atoms with Crippen LogP contribution in [0.2, 0.25) is 0 Å². The fourth-order valence-electron chi connectivity index (χ4n) is 3.55. The van der Waals surface area contributed by atoms with E-state index in [1.807, 2.05) is 30.9 Å². The lowest BCUT2D eigenvalue weighted by atomic mass is 10.0. The number of carbonyl (C=O) groups excluding carboxylic acids is 1. The van der Waals surface area contributed by atoms with Crippen LogP contribution in [0.1, 0.15) is 35.3 Å². The predicted octanol–water partition coefficient (Wildman–Crippen LogP) is 3.17. The molecule has 2 aromatic carbocycles. The number of carbonyl (C=O) groups is 1. The molecule has 2 aromatic rings. The van der Waals surface area contributed by atoms with Gasteiger partial charge in [0.2, 0.25) is 0 Å². The van der Waals surface area contributed by atoms with Gasteiger partial charge in [-0.25, -0.2) is 0 Å². The average Bonchev–Trinajstić information content (AvgIpc) is 2.70. The first kappa shape index (κ1) is 18.5. The number of nitrogens with one attached hydrogen (secondary N) is 1. The third-order valence-electron chi connectivity index (χ3n) is 5.10. The van der Waals surface area contributed by atoms with Gasteiger partial charge in [0, 0.05) is 50.5 Å². The Morgan fingerprint density at radius 2 is 1.65 bits per heavy atom. The van der Waals surface area contributed by atoms with Crippen LogP contribution in [0, 0.1) is 0 Å². The van der Waals surface area contributed by atoms with Crippen LogP contribution in [-0.4, -0.2) is 50.1 Å². The Labute approximate surface area is 156 Å². The number of amides is 1. The maximum absolute atomic E-state index is 12.5. The summed E-state index contributed by atoms with van der Waals surface area (Å²) in [5, 5.41) is 3.41. The fraction of sp³-hybridized carbons (Fsp3) is 0.409. The quantitative estimate of drug-likeness (QED) is 0.868. The highest BCUT2D eigenvalue weighted by atomic mass is 16.2. The summed E-state index contributed by atoms with van der Waals surface area (Å²) in [6, 6.07) is 16.8. The molecule has 0 saturated carbocycles. The molecule has 1 heterocycles. The molecule has 1 saturated heterocycles. The van der Waals surface area contributed by atoms with Crippen molar-refractivity contribution in [2.75, 3.05) is 44.2 Å². The zero-order valence-electron chi connectivity index (χ0n) is 15.9. The second kappa shape index (κ2) is 8.86. The molecule has 1 amide bonds. The Morgan fingerprint density at radius 1 is 1.00 bits per heavy atom. The van der Waals surface area contributed by atoms with Crippen molar-refractivity contribution in [2.45, 2.75) is 20.3 Å². The normalized spacial score (nSPS) is 14.3. The van der Waals surface area contributed by atoms with E-state index in [-0.39, 0.29) is 5.91 Å². The molecular weight excluding hydrogens is 322 g/mol. The summed E-state index contributed by atoms with van der Waals surface area (Å²) in [6.45, 7) is 9.70. The van der Waals surface area contributed by atoms with Gasteiger partial charge in [0.1, 0.15) is 0 Å². The molecule has 0 unspecified atom stereocenters. The summed E-state index contributed by atoms with van der Waals surface area (Å²) in [5.74, 6) is 0.114. The van der Waals surface area contributed by atoms with Crippen LogP contribution in [-0.2, 0) is 6.42 Å². The highest BCUT2D eigenvalue weighted by Crippen LogP contribution is 2.24. The molecule has 4 heteroatoms. The van der Waals surface area contributed by atoms with Crippen molar-refractivity contribution >= 4 is 11.6 Å². The number of hydrogen-bond acceptors (Lipinski definition) is 3. The minimum Gasteiger partial charge on any atom is -0.369 e. The maximum Gasteiger partial charge on any atom is 0.253 e. The van der Waals surface area contributed by atoms with Crippen LogP contribution in [0.25, 0.3) is 0 Å². The van der Waals surface area contributed by atoms with Gasteiger partial charge in [-0.15, -0.1) is 0 Å². The van der Waals surface area contributed by atoms with Crippen LogP contribution >= 0.6 is 0 Å². The Morgan fingerprint density at radius 3 is 2.31 bits per heavy atom. The lowest BCUT2D eigenvalue weighted by Crippen LogP contribution is -2.43. The summed E-state index contributed by atoms with van der Waals surface area (Å²) < 4.78 is 0. The number of hydrogen-bond donors (Lipinski definition) is 1. The van der Waals surface area contributed by atoms with Gasteiger partial charge in [0.25, 0.3) is 5.91 Å². The van der Waals surface area contributed by atoms with Crippen LogP contribution in [0.15, 0.2) is 48.5 Å². The smallest absolute Gasteiger partial charge is 0.253 e. The number of nitrogens with zero attached hydrogens (tertiary/aromatic N) is 2. The third-order valence-corrected chi connectivity index (χ3v) is 5.10. The van der Waals surface area contributed by atoms with E-state index in [9.17, 15) is 4.79 Å². The predicted molar refractivity (Wildman–Crippen MR) is 108 cm³/mol. The van der Waals surface area contributed by atoms with Crippen LogP contribution in [0.4, 0.5) is 5.69 Å². The molecule has 26 heavy (non-hydrogen) atoms. The number of anilines is 1. The molecule has 1 aliphatic rings. The Hall–Kier alpha value is -2.33. The van der Waals surface area contributed by atoms with Gasteiger partial charge in [-0.2, -0.15) is 0 Å². The number of para-hydroxylation sites is 1. The molecule has 1 fully saturated rings. The third kappa shape index (κ3) is 4.25. The number of benzene rings is 2. The molecular formula is C22H29N3O. The highest BCUT2D eigenvalue weighted by Gasteiger charge is 2.15. The fourth-order valence-corrected chi connectivity index (χ4v) is 3.55. The zero-order valence-corrected chi connectivity index (χ0v) is 15.9. The van der Waals surface area contributed by atoms with Gasteiger partial charge in [-0.1, -0.05) is 30.3 Å². The number of piperazine rings is 1. The van der Waals surface area contributed by atoms with E-state index in [2.05, 4.69) is 46.6 Å². The van der Waals surface area contributed by atoms with Crippen molar-refractivity contribution in [3.63, 3.8) is 0 Å². The standard InChI is InChI=1S/C22H29N3O/c1-3-24(4-2)22(26)19-11-9-18(10-12-19)17-20-7-5-6-8-21(20)25-15-13-23-14-16-25/h5-12,23H,3-4,13-17H2,1-2H3. The van der Waals surface area contributed by atoms with Gasteiger partial charge < -0.3 is 15.1 Å². The molecule has 1 aliphatic heterocycles. The van der Waals surface area contributed by atoms with E-state index in [4.69, 9.17) is 0 Å². The molecule has 138 valence electrons. The number of rotatable bonds is 6. The van der Waals surface area contributed by atoms with Crippen molar-refractivity contribution in [1.29, 1.82) is 0 Å². The molecule has 1 N–H and O–H groups in total. The van der Waals surface area contributed by atoms with E-state index in [1.165, 1.54) is 16.8 Å². The largest absolute Gasteiger partial charge is 0.369 e. The SMILES string of the molecule is CCN(CC)C(=O)c1ccc(Cc2ccccc2N2CCNCC2)cc1. The zero-order chi connectivity index (χ0) is 18.4. The molecule has 4 nitrogen and oxygen atoms in total. The van der Waals surface area contributed by atoms with Crippen LogP contribution in [0.5, 0.6) is 0 Å². The van der Waals surface area contributed by atoms with Gasteiger partial charge in [0.15, 0.2) is 0 Å². The Kier molecular flexibility index (Phi) is 6.29. The van der Waals surface area contributed by atoms with E-state index in [0.29, 0.717) is 0 Å². The molecule has 0 spiro atoms. The van der Waals surface area contributed by atoms with E-state index in [0.717, 1.165) is 51.3 Å².